The van der Waals surface area contributed by atoms with E-state index in [0.29, 0.717) is 5.69 Å². The summed E-state index contributed by atoms with van der Waals surface area (Å²) in [6, 6.07) is 21.7. The van der Waals surface area contributed by atoms with Crippen molar-refractivity contribution in [2.75, 3.05) is 11.4 Å². The third-order valence-corrected chi connectivity index (χ3v) is 5.97. The van der Waals surface area contributed by atoms with Crippen molar-refractivity contribution < 1.29 is 23.1 Å². The molecule has 0 aliphatic carbocycles. The van der Waals surface area contributed by atoms with Crippen LogP contribution in [-0.2, 0) is 16.6 Å². The van der Waals surface area contributed by atoms with Crippen LogP contribution in [0.1, 0.15) is 15.9 Å². The number of sulfonamides is 1. The van der Waals surface area contributed by atoms with Gasteiger partial charge >= 0.3 is 5.97 Å². The fraction of sp³-hybridized carbons (Fsp3) is 0.0952. The largest absolute Gasteiger partial charge is 0.496 e. The summed E-state index contributed by atoms with van der Waals surface area (Å²) in [6.45, 7) is 0.113. The van der Waals surface area contributed by atoms with Gasteiger partial charge in [-0.15, -0.1) is 0 Å². The summed E-state index contributed by atoms with van der Waals surface area (Å²) < 4.78 is 33.1. The van der Waals surface area contributed by atoms with Gasteiger partial charge in [0, 0.05) is 0 Å². The van der Waals surface area contributed by atoms with Crippen LogP contribution < -0.4 is 9.04 Å². The highest BCUT2D eigenvalue weighted by Gasteiger charge is 2.27. The lowest BCUT2D eigenvalue weighted by atomic mass is 10.2. The van der Waals surface area contributed by atoms with E-state index in [2.05, 4.69) is 0 Å². The molecule has 0 saturated carbocycles. The van der Waals surface area contributed by atoms with Gasteiger partial charge in [-0.05, 0) is 35.9 Å². The number of nitrogens with zero attached hydrogens (tertiary/aromatic N) is 1. The van der Waals surface area contributed by atoms with Crippen LogP contribution in [-0.4, -0.2) is 26.6 Å². The van der Waals surface area contributed by atoms with E-state index in [1.165, 1.54) is 23.5 Å². The van der Waals surface area contributed by atoms with Crippen LogP contribution in [0.3, 0.4) is 0 Å². The first-order valence-corrected chi connectivity index (χ1v) is 9.90. The quantitative estimate of drug-likeness (QED) is 0.656. The van der Waals surface area contributed by atoms with Crippen molar-refractivity contribution >= 4 is 21.7 Å². The second-order valence-electron chi connectivity index (χ2n) is 6.00. The maximum absolute atomic E-state index is 13.4. The Morgan fingerprint density at radius 1 is 0.964 bits per heavy atom. The number of ether oxygens (including phenoxy) is 1. The van der Waals surface area contributed by atoms with Crippen molar-refractivity contribution in [1.29, 1.82) is 0 Å². The lowest BCUT2D eigenvalue weighted by molar-refractivity contribution is 0.0693. The van der Waals surface area contributed by atoms with Crippen LogP contribution in [0.5, 0.6) is 5.75 Å². The maximum atomic E-state index is 13.4. The van der Waals surface area contributed by atoms with Crippen molar-refractivity contribution in [1.82, 2.24) is 0 Å². The molecule has 0 saturated heterocycles. The van der Waals surface area contributed by atoms with Gasteiger partial charge in [0.05, 0.1) is 24.2 Å². The average molecular weight is 397 g/mol. The lowest BCUT2D eigenvalue weighted by Crippen LogP contribution is -2.30. The number of rotatable bonds is 7. The minimum absolute atomic E-state index is 0.0979. The SMILES string of the molecule is COc1ccc(S(=O)(=O)N(Cc2ccccc2)c2ccccc2)cc1C(=O)O. The number of hydrogen-bond donors (Lipinski definition) is 1. The fourth-order valence-corrected chi connectivity index (χ4v) is 4.28. The number of para-hydroxylation sites is 1. The highest BCUT2D eigenvalue weighted by atomic mass is 32.2. The summed E-state index contributed by atoms with van der Waals surface area (Å²) in [5.41, 5.74) is 1.08. The Labute approximate surface area is 163 Å². The minimum Gasteiger partial charge on any atom is -0.496 e. The molecule has 0 amide bonds. The summed E-state index contributed by atoms with van der Waals surface area (Å²) in [6.07, 6.45) is 0. The third-order valence-electron chi connectivity index (χ3n) is 4.20. The summed E-state index contributed by atoms with van der Waals surface area (Å²) in [5.74, 6) is -1.16. The van der Waals surface area contributed by atoms with Gasteiger partial charge in [-0.3, -0.25) is 4.31 Å². The Balaban J connectivity index is 2.11. The normalized spacial score (nSPS) is 11.0. The second kappa shape index (κ2) is 8.14. The van der Waals surface area contributed by atoms with Crippen LogP contribution in [0.15, 0.2) is 83.8 Å². The van der Waals surface area contributed by atoms with E-state index < -0.39 is 16.0 Å². The molecule has 0 aliphatic rings. The van der Waals surface area contributed by atoms with Crippen molar-refractivity contribution in [3.05, 3.63) is 90.0 Å². The van der Waals surface area contributed by atoms with Crippen LogP contribution in [0.4, 0.5) is 5.69 Å². The van der Waals surface area contributed by atoms with E-state index >= 15 is 0 Å². The summed E-state index contributed by atoms with van der Waals surface area (Å²) in [7, 11) is -2.68. The first-order valence-electron chi connectivity index (χ1n) is 8.46. The molecule has 6 nitrogen and oxygen atoms in total. The van der Waals surface area contributed by atoms with Crippen molar-refractivity contribution in [2.24, 2.45) is 0 Å². The molecular formula is C21H19NO5S. The van der Waals surface area contributed by atoms with E-state index in [9.17, 15) is 18.3 Å². The van der Waals surface area contributed by atoms with Crippen LogP contribution in [0.25, 0.3) is 0 Å². The first kappa shape index (κ1) is 19.4. The van der Waals surface area contributed by atoms with Crippen molar-refractivity contribution in [2.45, 2.75) is 11.4 Å². The molecule has 0 atom stereocenters. The van der Waals surface area contributed by atoms with Gasteiger partial charge < -0.3 is 9.84 Å². The Bertz CT molecular complexity index is 1070. The zero-order valence-electron chi connectivity index (χ0n) is 15.1. The summed E-state index contributed by atoms with van der Waals surface area (Å²) >= 11 is 0. The number of anilines is 1. The summed E-state index contributed by atoms with van der Waals surface area (Å²) in [5, 5.41) is 9.39. The molecule has 28 heavy (non-hydrogen) atoms. The van der Waals surface area contributed by atoms with Gasteiger partial charge in [0.2, 0.25) is 0 Å². The van der Waals surface area contributed by atoms with Gasteiger partial charge in [-0.2, -0.15) is 0 Å². The van der Waals surface area contributed by atoms with Crippen molar-refractivity contribution in [3.8, 4) is 5.75 Å². The number of carboxylic acid groups (broad SMARTS) is 1. The number of aromatic carboxylic acids is 1. The van der Waals surface area contributed by atoms with Gasteiger partial charge in [0.1, 0.15) is 11.3 Å². The van der Waals surface area contributed by atoms with Crippen LogP contribution >= 0.6 is 0 Å². The van der Waals surface area contributed by atoms with Gasteiger partial charge in [0.25, 0.3) is 10.0 Å². The molecule has 0 bridgehead atoms. The highest BCUT2D eigenvalue weighted by Crippen LogP contribution is 2.29. The number of benzene rings is 3. The molecular weight excluding hydrogens is 378 g/mol. The maximum Gasteiger partial charge on any atom is 0.339 e. The second-order valence-corrected chi connectivity index (χ2v) is 7.86. The molecule has 1 N–H and O–H groups in total. The molecule has 0 spiro atoms. The molecule has 144 valence electrons. The topological polar surface area (TPSA) is 83.9 Å². The molecule has 0 aliphatic heterocycles. The number of hydrogen-bond acceptors (Lipinski definition) is 4. The molecule has 0 fully saturated rings. The van der Waals surface area contributed by atoms with E-state index in [1.807, 2.05) is 30.3 Å². The molecule has 3 aromatic carbocycles. The Morgan fingerprint density at radius 3 is 2.14 bits per heavy atom. The van der Waals surface area contributed by atoms with Crippen LogP contribution in [0, 0.1) is 0 Å². The standard InChI is InChI=1S/C21H19NO5S/c1-27-20-13-12-18(14-19(20)21(23)24)28(25,26)22(17-10-6-3-7-11-17)15-16-8-4-2-5-9-16/h2-14H,15H2,1H3,(H,23,24). The summed E-state index contributed by atoms with van der Waals surface area (Å²) in [4.78, 5) is 11.4. The van der Waals surface area contributed by atoms with E-state index in [0.717, 1.165) is 11.6 Å². The average Bonchev–Trinajstić information content (AvgIpc) is 2.72. The predicted octanol–water partition coefficient (Wildman–Crippen LogP) is 3.79. The molecule has 0 radical (unpaired) electrons. The highest BCUT2D eigenvalue weighted by molar-refractivity contribution is 7.92. The van der Waals surface area contributed by atoms with Gasteiger partial charge in [-0.1, -0.05) is 48.5 Å². The minimum atomic E-state index is -4.02. The zero-order chi connectivity index (χ0) is 20.1. The van der Waals surface area contributed by atoms with E-state index in [1.54, 1.807) is 30.3 Å². The van der Waals surface area contributed by atoms with E-state index in [-0.39, 0.29) is 22.8 Å². The predicted molar refractivity (Wildman–Crippen MR) is 106 cm³/mol. The monoisotopic (exact) mass is 397 g/mol. The molecule has 3 aromatic rings. The smallest absolute Gasteiger partial charge is 0.339 e. The Morgan fingerprint density at radius 2 is 1.57 bits per heavy atom. The fourth-order valence-electron chi connectivity index (χ4n) is 2.80. The van der Waals surface area contributed by atoms with Gasteiger partial charge in [-0.25, -0.2) is 13.2 Å². The number of carbonyl (C=O) groups is 1. The van der Waals surface area contributed by atoms with E-state index in [4.69, 9.17) is 4.74 Å². The Kier molecular flexibility index (Phi) is 5.65. The zero-order valence-corrected chi connectivity index (χ0v) is 16.0. The Hall–Kier alpha value is -3.32. The number of carboxylic acids is 1. The first-order chi connectivity index (χ1) is 13.4. The van der Waals surface area contributed by atoms with Gasteiger partial charge in [0.15, 0.2) is 0 Å². The number of methoxy groups -OCH3 is 1. The van der Waals surface area contributed by atoms with Crippen molar-refractivity contribution in [3.63, 3.8) is 0 Å². The lowest BCUT2D eigenvalue weighted by Gasteiger charge is -2.25. The van der Waals surface area contributed by atoms with Crippen LogP contribution in [0.2, 0.25) is 0 Å². The molecule has 0 unspecified atom stereocenters. The molecule has 0 heterocycles. The molecule has 7 heteroatoms. The third kappa shape index (κ3) is 3.99. The molecule has 0 aromatic heterocycles. The molecule has 3 rings (SSSR count).